The molecule has 34 heavy (non-hydrogen) atoms. The fourth-order valence-electron chi connectivity index (χ4n) is 3.51. The molecular formula is C26H34N4O4. The summed E-state index contributed by atoms with van der Waals surface area (Å²) in [5.41, 5.74) is 1.72. The largest absolute Gasteiger partial charge is 0.455 e. The van der Waals surface area contributed by atoms with E-state index in [2.05, 4.69) is 10.4 Å². The van der Waals surface area contributed by atoms with Crippen molar-refractivity contribution in [2.45, 2.75) is 72.1 Å². The van der Waals surface area contributed by atoms with Crippen molar-refractivity contribution in [2.75, 3.05) is 5.84 Å². The summed E-state index contributed by atoms with van der Waals surface area (Å²) in [5, 5.41) is 7.71. The van der Waals surface area contributed by atoms with Gasteiger partial charge in [-0.05, 0) is 84.2 Å². The zero-order valence-corrected chi connectivity index (χ0v) is 21.1. The molecule has 0 unspecified atom stereocenters. The van der Waals surface area contributed by atoms with Crippen LogP contribution in [0.4, 0.5) is 4.79 Å². The first-order chi connectivity index (χ1) is 15.6. The highest BCUT2D eigenvalue weighted by atomic mass is 16.6. The van der Waals surface area contributed by atoms with E-state index in [9.17, 15) is 9.59 Å². The molecule has 0 fully saturated rings. The van der Waals surface area contributed by atoms with Crippen LogP contribution in [0.25, 0.3) is 22.0 Å². The Bertz CT molecular complexity index is 1210. The van der Waals surface area contributed by atoms with Crippen LogP contribution in [0.2, 0.25) is 0 Å². The normalized spacial score (nSPS) is 12.5. The summed E-state index contributed by atoms with van der Waals surface area (Å²) in [7, 11) is 0. The van der Waals surface area contributed by atoms with E-state index in [1.54, 1.807) is 20.8 Å². The van der Waals surface area contributed by atoms with Crippen LogP contribution in [0.3, 0.4) is 0 Å². The van der Waals surface area contributed by atoms with Gasteiger partial charge in [-0.2, -0.15) is 4.79 Å². The molecule has 0 aliphatic rings. The molecule has 0 spiro atoms. The summed E-state index contributed by atoms with van der Waals surface area (Å²) in [6.07, 6.45) is -0.472. The lowest BCUT2D eigenvalue weighted by molar-refractivity contribution is 0.00640. The number of nitrogens with zero attached hydrogens (tertiary/aromatic N) is 2. The molecule has 0 saturated carbocycles. The van der Waals surface area contributed by atoms with Crippen LogP contribution < -0.4 is 11.2 Å². The maximum absolute atomic E-state index is 12.7. The van der Waals surface area contributed by atoms with Crippen LogP contribution >= 0.6 is 0 Å². The third-order valence-corrected chi connectivity index (χ3v) is 5.05. The quantitative estimate of drug-likeness (QED) is 0.407. The van der Waals surface area contributed by atoms with Gasteiger partial charge in [0.25, 0.3) is 0 Å². The van der Waals surface area contributed by atoms with Gasteiger partial charge >= 0.3 is 12.1 Å². The minimum Gasteiger partial charge on any atom is -0.455 e. The zero-order chi connectivity index (χ0) is 25.5. The van der Waals surface area contributed by atoms with Crippen molar-refractivity contribution in [1.29, 1.82) is 0 Å². The number of benzene rings is 2. The summed E-state index contributed by atoms with van der Waals surface area (Å²) in [6.45, 7) is 14.7. The van der Waals surface area contributed by atoms with Gasteiger partial charge in [-0.25, -0.2) is 9.59 Å². The number of nitrogens with two attached hydrogens (primary N) is 1. The van der Waals surface area contributed by atoms with Crippen molar-refractivity contribution in [3.63, 3.8) is 0 Å². The molecule has 0 saturated heterocycles. The van der Waals surface area contributed by atoms with Gasteiger partial charge in [0.2, 0.25) is 0 Å². The number of nitrogens with one attached hydrogen (secondary N) is 1. The SMILES string of the molecule is CC(C)(C)OC(=O)NC(C)(C)c1ccc(-c2ccc3c(c2)c(C(=O)OC(C)(C)C)nn3N)cc1. The Morgan fingerprint density at radius 2 is 1.41 bits per heavy atom. The van der Waals surface area contributed by atoms with Crippen molar-refractivity contribution in [3.8, 4) is 11.1 Å². The maximum atomic E-state index is 12.7. The highest BCUT2D eigenvalue weighted by Gasteiger charge is 2.27. The van der Waals surface area contributed by atoms with Gasteiger partial charge in [0, 0.05) is 5.39 Å². The van der Waals surface area contributed by atoms with E-state index in [4.69, 9.17) is 15.3 Å². The second kappa shape index (κ2) is 8.66. The van der Waals surface area contributed by atoms with Crippen molar-refractivity contribution in [2.24, 2.45) is 0 Å². The van der Waals surface area contributed by atoms with E-state index in [-0.39, 0.29) is 5.69 Å². The number of nitrogen functional groups attached to an aromatic ring is 1. The fourth-order valence-corrected chi connectivity index (χ4v) is 3.51. The van der Waals surface area contributed by atoms with E-state index in [0.29, 0.717) is 10.9 Å². The van der Waals surface area contributed by atoms with Crippen LogP contribution in [-0.2, 0) is 15.0 Å². The Morgan fingerprint density at radius 3 is 1.97 bits per heavy atom. The average molecular weight is 467 g/mol. The first-order valence-electron chi connectivity index (χ1n) is 11.2. The molecule has 0 aliphatic heterocycles. The number of carbonyl (C=O) groups excluding carboxylic acids is 2. The van der Waals surface area contributed by atoms with Crippen LogP contribution in [0.1, 0.15) is 71.4 Å². The molecule has 8 nitrogen and oxygen atoms in total. The van der Waals surface area contributed by atoms with Crippen molar-refractivity contribution in [3.05, 3.63) is 53.7 Å². The van der Waals surface area contributed by atoms with Crippen LogP contribution in [0.15, 0.2) is 42.5 Å². The molecule has 1 aromatic heterocycles. The number of hydrogen-bond donors (Lipinski definition) is 2. The second-order valence-corrected chi connectivity index (χ2v) is 10.9. The summed E-state index contributed by atoms with van der Waals surface area (Å²) >= 11 is 0. The Labute approximate surface area is 200 Å². The van der Waals surface area contributed by atoms with Crippen molar-refractivity contribution < 1.29 is 19.1 Å². The third-order valence-electron chi connectivity index (χ3n) is 5.05. The molecule has 182 valence electrons. The van der Waals surface area contributed by atoms with E-state index >= 15 is 0 Å². The minimum absolute atomic E-state index is 0.175. The summed E-state index contributed by atoms with van der Waals surface area (Å²) < 4.78 is 10.9. The molecule has 0 radical (unpaired) electrons. The number of hydrogen-bond acceptors (Lipinski definition) is 6. The number of alkyl carbamates (subject to hydrolysis) is 1. The Balaban J connectivity index is 1.88. The Morgan fingerprint density at radius 1 is 0.853 bits per heavy atom. The lowest BCUT2D eigenvalue weighted by Crippen LogP contribution is -2.43. The number of esters is 1. The van der Waals surface area contributed by atoms with E-state index in [1.807, 2.05) is 77.1 Å². The first-order valence-corrected chi connectivity index (χ1v) is 11.2. The molecule has 2 aromatic carbocycles. The predicted octanol–water partition coefficient (Wildman–Crippen LogP) is 5.13. The van der Waals surface area contributed by atoms with Gasteiger partial charge in [-0.3, -0.25) is 0 Å². The molecule has 8 heteroatoms. The number of carbonyl (C=O) groups is 2. The molecule has 1 heterocycles. The van der Waals surface area contributed by atoms with Crippen molar-refractivity contribution >= 4 is 23.0 Å². The van der Waals surface area contributed by atoms with E-state index in [1.165, 1.54) is 4.79 Å². The average Bonchev–Trinajstić information content (AvgIpc) is 3.01. The van der Waals surface area contributed by atoms with Crippen LogP contribution in [0.5, 0.6) is 0 Å². The lowest BCUT2D eigenvalue weighted by Gasteiger charge is -2.29. The number of aromatic nitrogens is 2. The number of fused-ring (bicyclic) bond motifs is 1. The van der Waals surface area contributed by atoms with Crippen LogP contribution in [-0.4, -0.2) is 33.2 Å². The molecule has 3 aromatic rings. The van der Waals surface area contributed by atoms with Crippen molar-refractivity contribution in [1.82, 2.24) is 15.2 Å². The van der Waals surface area contributed by atoms with Gasteiger partial charge in [0.15, 0.2) is 5.69 Å². The standard InChI is InChI=1S/C26H34N4O4/c1-24(2,3)33-22(31)21-19-15-17(11-14-20(19)30(27)29-21)16-9-12-18(13-10-16)26(7,8)28-23(32)34-25(4,5)6/h9-15H,27H2,1-8H3,(H,28,32). The van der Waals surface area contributed by atoms with Crippen LogP contribution in [0, 0.1) is 0 Å². The summed E-state index contributed by atoms with van der Waals surface area (Å²) in [6, 6.07) is 13.5. The highest BCUT2D eigenvalue weighted by Crippen LogP contribution is 2.29. The lowest BCUT2D eigenvalue weighted by atomic mass is 9.92. The Hall–Kier alpha value is -3.55. The van der Waals surface area contributed by atoms with E-state index < -0.39 is 28.8 Å². The van der Waals surface area contributed by atoms with Gasteiger partial charge < -0.3 is 20.6 Å². The third kappa shape index (κ3) is 5.87. The zero-order valence-electron chi connectivity index (χ0n) is 21.1. The monoisotopic (exact) mass is 466 g/mol. The van der Waals surface area contributed by atoms with Gasteiger partial charge in [0.05, 0.1) is 11.1 Å². The van der Waals surface area contributed by atoms with E-state index in [0.717, 1.165) is 16.7 Å². The Kier molecular flexibility index (Phi) is 6.39. The van der Waals surface area contributed by atoms with Gasteiger partial charge in [-0.15, -0.1) is 5.10 Å². The maximum Gasteiger partial charge on any atom is 0.408 e. The number of rotatable bonds is 4. The fraction of sp³-hybridized carbons (Fsp3) is 0.423. The molecule has 0 aliphatic carbocycles. The summed E-state index contributed by atoms with van der Waals surface area (Å²) in [5.74, 6) is 5.44. The first kappa shape index (κ1) is 25.1. The molecular weight excluding hydrogens is 432 g/mol. The van der Waals surface area contributed by atoms with Gasteiger partial charge in [-0.1, -0.05) is 30.3 Å². The second-order valence-electron chi connectivity index (χ2n) is 10.9. The number of amides is 1. The van der Waals surface area contributed by atoms with Gasteiger partial charge in [0.1, 0.15) is 11.2 Å². The molecule has 3 N–H and O–H groups in total. The number of ether oxygens (including phenoxy) is 2. The molecule has 1 amide bonds. The summed E-state index contributed by atoms with van der Waals surface area (Å²) in [4.78, 5) is 26.1. The molecule has 0 atom stereocenters. The molecule has 3 rings (SSSR count). The smallest absolute Gasteiger partial charge is 0.408 e. The molecule has 0 bridgehead atoms. The highest BCUT2D eigenvalue weighted by molar-refractivity contribution is 6.03. The minimum atomic E-state index is -0.643. The topological polar surface area (TPSA) is 108 Å². The predicted molar refractivity (Wildman–Crippen MR) is 133 cm³/mol.